The highest BCUT2D eigenvalue weighted by Crippen LogP contribution is 2.32. The van der Waals surface area contributed by atoms with Crippen LogP contribution in [0.2, 0.25) is 0 Å². The van der Waals surface area contributed by atoms with Gasteiger partial charge in [0.15, 0.2) is 0 Å². The normalized spacial score (nSPS) is 28.2. The van der Waals surface area contributed by atoms with Crippen molar-refractivity contribution in [3.63, 3.8) is 0 Å². The number of rotatable bonds is 1. The summed E-state index contributed by atoms with van der Waals surface area (Å²) in [7, 11) is 0. The highest BCUT2D eigenvalue weighted by atomic mass is 35.5. The first-order valence-electron chi connectivity index (χ1n) is 3.50. The SMILES string of the molecule is Cl.NC(=O)C1CC(C(F)(F)F)CN1. The smallest absolute Gasteiger partial charge is 0.368 e. The quantitative estimate of drug-likeness (QED) is 0.671. The van der Waals surface area contributed by atoms with Crippen LogP contribution in [0.1, 0.15) is 6.42 Å². The van der Waals surface area contributed by atoms with Gasteiger partial charge < -0.3 is 11.1 Å². The van der Waals surface area contributed by atoms with Crippen molar-refractivity contribution in [3.8, 4) is 0 Å². The molecule has 3 N–H and O–H groups in total. The largest absolute Gasteiger partial charge is 0.393 e. The molecule has 1 saturated heterocycles. The Morgan fingerprint density at radius 2 is 2.00 bits per heavy atom. The fourth-order valence-corrected chi connectivity index (χ4v) is 1.20. The van der Waals surface area contributed by atoms with Gasteiger partial charge in [0.05, 0.1) is 12.0 Å². The summed E-state index contributed by atoms with van der Waals surface area (Å²) in [6, 6.07) is -0.823. The standard InChI is InChI=1S/C6H9F3N2O.ClH/c7-6(8,9)3-1-4(5(10)12)11-2-3;/h3-4,11H,1-2H2,(H2,10,12);1H. The van der Waals surface area contributed by atoms with Gasteiger partial charge in [0, 0.05) is 6.54 Å². The molecule has 2 unspecified atom stereocenters. The predicted octanol–water partition coefficient (Wildman–Crippen LogP) is 0.434. The third-order valence-electron chi connectivity index (χ3n) is 1.94. The zero-order chi connectivity index (χ0) is 9.35. The van der Waals surface area contributed by atoms with E-state index in [1.54, 1.807) is 0 Å². The molecular formula is C6H10ClF3N2O. The molecule has 1 heterocycles. The van der Waals surface area contributed by atoms with Crippen LogP contribution < -0.4 is 11.1 Å². The monoisotopic (exact) mass is 218 g/mol. The van der Waals surface area contributed by atoms with Crippen molar-refractivity contribution in [1.82, 2.24) is 5.32 Å². The van der Waals surface area contributed by atoms with Crippen LogP contribution in [0.5, 0.6) is 0 Å². The van der Waals surface area contributed by atoms with Crippen LogP contribution >= 0.6 is 12.4 Å². The van der Waals surface area contributed by atoms with E-state index in [4.69, 9.17) is 5.73 Å². The lowest BCUT2D eigenvalue weighted by Gasteiger charge is -2.12. The molecule has 1 amide bonds. The van der Waals surface area contributed by atoms with Gasteiger partial charge in [-0.3, -0.25) is 4.79 Å². The highest BCUT2D eigenvalue weighted by Gasteiger charge is 2.45. The number of primary amides is 1. The third-order valence-corrected chi connectivity index (χ3v) is 1.94. The van der Waals surface area contributed by atoms with E-state index < -0.39 is 24.0 Å². The Labute approximate surface area is 79.3 Å². The fourth-order valence-electron chi connectivity index (χ4n) is 1.20. The van der Waals surface area contributed by atoms with E-state index in [1.165, 1.54) is 0 Å². The molecule has 0 bridgehead atoms. The summed E-state index contributed by atoms with van der Waals surface area (Å²) >= 11 is 0. The molecule has 0 aliphatic carbocycles. The summed E-state index contributed by atoms with van der Waals surface area (Å²) in [6.07, 6.45) is -4.46. The van der Waals surface area contributed by atoms with Crippen LogP contribution in [0.3, 0.4) is 0 Å². The van der Waals surface area contributed by atoms with E-state index in [9.17, 15) is 18.0 Å². The zero-order valence-corrected chi connectivity index (χ0v) is 7.41. The Bertz CT molecular complexity index is 197. The molecule has 0 aromatic carbocycles. The van der Waals surface area contributed by atoms with Gasteiger partial charge in [-0.25, -0.2) is 0 Å². The third kappa shape index (κ3) is 3.04. The number of hydrogen-bond acceptors (Lipinski definition) is 2. The van der Waals surface area contributed by atoms with Crippen molar-refractivity contribution in [2.24, 2.45) is 11.7 Å². The Hall–Kier alpha value is -0.490. The molecule has 1 fully saturated rings. The summed E-state index contributed by atoms with van der Waals surface area (Å²) in [5, 5.41) is 2.42. The average Bonchev–Trinajstić information content (AvgIpc) is 2.30. The summed E-state index contributed by atoms with van der Waals surface area (Å²) in [4.78, 5) is 10.5. The predicted molar refractivity (Wildman–Crippen MR) is 42.4 cm³/mol. The minimum absolute atomic E-state index is 0. The van der Waals surface area contributed by atoms with E-state index in [-0.39, 0.29) is 25.4 Å². The van der Waals surface area contributed by atoms with Crippen LogP contribution in [0, 0.1) is 5.92 Å². The number of alkyl halides is 3. The van der Waals surface area contributed by atoms with Gasteiger partial charge in [0.1, 0.15) is 0 Å². The second-order valence-corrected chi connectivity index (χ2v) is 2.84. The topological polar surface area (TPSA) is 55.1 Å². The summed E-state index contributed by atoms with van der Waals surface area (Å²) in [6.45, 7) is -0.211. The van der Waals surface area contributed by atoms with Gasteiger partial charge in [0.2, 0.25) is 5.91 Å². The molecular weight excluding hydrogens is 209 g/mol. The highest BCUT2D eigenvalue weighted by molar-refractivity contribution is 5.85. The van der Waals surface area contributed by atoms with Crippen LogP contribution in [-0.2, 0) is 4.79 Å². The van der Waals surface area contributed by atoms with Crippen molar-refractivity contribution in [2.75, 3.05) is 6.54 Å². The number of hydrogen-bond donors (Lipinski definition) is 2. The molecule has 0 saturated carbocycles. The van der Waals surface area contributed by atoms with Gasteiger partial charge in [-0.2, -0.15) is 13.2 Å². The maximum atomic E-state index is 12.0. The van der Waals surface area contributed by atoms with Gasteiger partial charge in [-0.05, 0) is 6.42 Å². The van der Waals surface area contributed by atoms with E-state index >= 15 is 0 Å². The molecule has 1 aliphatic rings. The van der Waals surface area contributed by atoms with Crippen LogP contribution in [0.25, 0.3) is 0 Å². The first-order valence-corrected chi connectivity index (χ1v) is 3.50. The second-order valence-electron chi connectivity index (χ2n) is 2.84. The molecule has 0 aromatic heterocycles. The fraction of sp³-hybridized carbons (Fsp3) is 0.833. The van der Waals surface area contributed by atoms with E-state index in [2.05, 4.69) is 5.32 Å². The number of carbonyl (C=O) groups excluding carboxylic acids is 1. The van der Waals surface area contributed by atoms with Crippen LogP contribution in [-0.4, -0.2) is 24.7 Å². The Morgan fingerprint density at radius 1 is 1.46 bits per heavy atom. The van der Waals surface area contributed by atoms with Crippen molar-refractivity contribution < 1.29 is 18.0 Å². The Morgan fingerprint density at radius 3 is 2.23 bits per heavy atom. The molecule has 0 aromatic rings. The van der Waals surface area contributed by atoms with Gasteiger partial charge >= 0.3 is 6.18 Å². The number of halogens is 4. The van der Waals surface area contributed by atoms with Crippen molar-refractivity contribution in [3.05, 3.63) is 0 Å². The minimum atomic E-state index is -4.22. The molecule has 13 heavy (non-hydrogen) atoms. The Balaban J connectivity index is 0.00000144. The lowest BCUT2D eigenvalue weighted by Crippen LogP contribution is -2.36. The molecule has 3 nitrogen and oxygen atoms in total. The second kappa shape index (κ2) is 4.15. The van der Waals surface area contributed by atoms with Gasteiger partial charge in [-0.15, -0.1) is 12.4 Å². The van der Waals surface area contributed by atoms with Crippen LogP contribution in [0.15, 0.2) is 0 Å². The lowest BCUT2D eigenvalue weighted by atomic mass is 10.1. The molecule has 1 rings (SSSR count). The lowest BCUT2D eigenvalue weighted by molar-refractivity contribution is -0.169. The Kier molecular flexibility index (Phi) is 3.99. The van der Waals surface area contributed by atoms with Crippen molar-refractivity contribution in [1.29, 1.82) is 0 Å². The van der Waals surface area contributed by atoms with Gasteiger partial charge in [-0.1, -0.05) is 0 Å². The minimum Gasteiger partial charge on any atom is -0.368 e. The first kappa shape index (κ1) is 12.5. The van der Waals surface area contributed by atoms with Crippen molar-refractivity contribution in [2.45, 2.75) is 18.6 Å². The summed E-state index contributed by atoms with van der Waals surface area (Å²) in [5.41, 5.74) is 4.83. The van der Waals surface area contributed by atoms with Crippen molar-refractivity contribution >= 4 is 18.3 Å². The van der Waals surface area contributed by atoms with Gasteiger partial charge in [0.25, 0.3) is 0 Å². The molecule has 2 atom stereocenters. The number of carbonyl (C=O) groups is 1. The maximum absolute atomic E-state index is 12.0. The van der Waals surface area contributed by atoms with E-state index in [0.29, 0.717) is 0 Å². The van der Waals surface area contributed by atoms with E-state index in [1.807, 2.05) is 0 Å². The molecule has 7 heteroatoms. The summed E-state index contributed by atoms with van der Waals surface area (Å²) in [5.74, 6) is -2.16. The molecule has 0 radical (unpaired) electrons. The molecule has 1 aliphatic heterocycles. The molecule has 0 spiro atoms. The average molecular weight is 219 g/mol. The molecule has 78 valence electrons. The maximum Gasteiger partial charge on any atom is 0.393 e. The summed E-state index contributed by atoms with van der Waals surface area (Å²) < 4.78 is 36.0. The van der Waals surface area contributed by atoms with Crippen LogP contribution in [0.4, 0.5) is 13.2 Å². The number of nitrogens with two attached hydrogens (primary N) is 1. The number of nitrogens with one attached hydrogen (secondary N) is 1. The first-order chi connectivity index (χ1) is 5.41. The number of amides is 1. The van der Waals surface area contributed by atoms with E-state index in [0.717, 1.165) is 0 Å². The zero-order valence-electron chi connectivity index (χ0n) is 6.60.